The molecule has 42 heavy (non-hydrogen) atoms. The third-order valence-electron chi connectivity index (χ3n) is 6.57. The van der Waals surface area contributed by atoms with Crippen LogP contribution in [-0.2, 0) is 6.61 Å². The van der Waals surface area contributed by atoms with Gasteiger partial charge >= 0.3 is 5.97 Å². The van der Waals surface area contributed by atoms with Crippen molar-refractivity contribution in [1.29, 1.82) is 0 Å². The zero-order chi connectivity index (χ0) is 29.2. The highest BCUT2D eigenvalue weighted by molar-refractivity contribution is 9.10. The standard InChI is InChI=1S/C32H22BrN3O6/c1-40-27-10-5-11-28-24(27)16-29(42-28)30-35-25-9-3-2-8-23(25)31(37)36(30)34-17-21-15-22(33)12-13-26(21)41-18-19-6-4-7-20(14-19)32(38)39/h2-17H,18H2,1H3,(H,38,39). The normalized spacial score (nSPS) is 11.4. The fourth-order valence-electron chi connectivity index (χ4n) is 4.54. The summed E-state index contributed by atoms with van der Waals surface area (Å²) in [5, 5.41) is 15.0. The molecular formula is C32H22BrN3O6. The van der Waals surface area contributed by atoms with Gasteiger partial charge in [-0.05, 0) is 66.2 Å². The van der Waals surface area contributed by atoms with Gasteiger partial charge in [-0.3, -0.25) is 4.79 Å². The molecule has 1 N–H and O–H groups in total. The maximum atomic E-state index is 13.7. The second-order valence-corrected chi connectivity index (χ2v) is 10.2. The number of hydrogen-bond acceptors (Lipinski definition) is 7. The highest BCUT2D eigenvalue weighted by Crippen LogP contribution is 2.33. The van der Waals surface area contributed by atoms with Crippen LogP contribution < -0.4 is 15.0 Å². The molecule has 10 heteroatoms. The highest BCUT2D eigenvalue weighted by atomic mass is 79.9. The molecule has 0 saturated heterocycles. The van der Waals surface area contributed by atoms with Crippen LogP contribution in [0.2, 0.25) is 0 Å². The lowest BCUT2D eigenvalue weighted by molar-refractivity contribution is 0.0696. The Morgan fingerprint density at radius 1 is 1.00 bits per heavy atom. The van der Waals surface area contributed by atoms with E-state index in [0.717, 1.165) is 9.86 Å². The van der Waals surface area contributed by atoms with E-state index in [-0.39, 0.29) is 23.6 Å². The fraction of sp³-hybridized carbons (Fsp3) is 0.0625. The van der Waals surface area contributed by atoms with E-state index >= 15 is 0 Å². The summed E-state index contributed by atoms with van der Waals surface area (Å²) in [4.78, 5) is 29.8. The number of rotatable bonds is 8. The van der Waals surface area contributed by atoms with Crippen molar-refractivity contribution in [3.8, 4) is 23.1 Å². The van der Waals surface area contributed by atoms with E-state index in [1.165, 1.54) is 17.0 Å². The number of para-hydroxylation sites is 1. The van der Waals surface area contributed by atoms with Crippen molar-refractivity contribution < 1.29 is 23.8 Å². The van der Waals surface area contributed by atoms with E-state index in [4.69, 9.17) is 18.9 Å². The molecule has 0 saturated carbocycles. The minimum absolute atomic E-state index is 0.132. The number of furan rings is 1. The molecule has 0 aliphatic carbocycles. The zero-order valence-corrected chi connectivity index (χ0v) is 23.7. The molecule has 2 heterocycles. The van der Waals surface area contributed by atoms with Crippen LogP contribution in [0.25, 0.3) is 33.5 Å². The Hall–Kier alpha value is -5.22. The zero-order valence-electron chi connectivity index (χ0n) is 22.2. The average molecular weight is 624 g/mol. The van der Waals surface area contributed by atoms with Crippen LogP contribution in [0.15, 0.2) is 110 Å². The smallest absolute Gasteiger partial charge is 0.335 e. The van der Waals surface area contributed by atoms with Crippen molar-refractivity contribution in [3.63, 3.8) is 0 Å². The predicted octanol–water partition coefficient (Wildman–Crippen LogP) is 6.74. The van der Waals surface area contributed by atoms with E-state index in [2.05, 4.69) is 21.0 Å². The summed E-state index contributed by atoms with van der Waals surface area (Å²) in [6.07, 6.45) is 1.51. The lowest BCUT2D eigenvalue weighted by atomic mass is 10.1. The van der Waals surface area contributed by atoms with Crippen LogP contribution in [0.1, 0.15) is 21.5 Å². The average Bonchev–Trinajstić information content (AvgIpc) is 3.45. The number of halogens is 1. The molecular weight excluding hydrogens is 602 g/mol. The van der Waals surface area contributed by atoms with E-state index in [1.54, 1.807) is 61.7 Å². The molecule has 9 nitrogen and oxygen atoms in total. The van der Waals surface area contributed by atoms with Gasteiger partial charge in [-0.1, -0.05) is 46.3 Å². The molecule has 6 rings (SSSR count). The quantitative estimate of drug-likeness (QED) is 0.187. The summed E-state index contributed by atoms with van der Waals surface area (Å²) in [6.45, 7) is 0.132. The molecule has 0 unspecified atom stereocenters. The van der Waals surface area contributed by atoms with Crippen molar-refractivity contribution >= 4 is 50.0 Å². The lowest BCUT2D eigenvalue weighted by Gasteiger charge is -2.11. The monoisotopic (exact) mass is 623 g/mol. The summed E-state index contributed by atoms with van der Waals surface area (Å²) >= 11 is 3.49. The maximum absolute atomic E-state index is 13.7. The summed E-state index contributed by atoms with van der Waals surface area (Å²) in [5.74, 6) is 0.668. The number of hydrogen-bond donors (Lipinski definition) is 1. The van der Waals surface area contributed by atoms with Gasteiger partial charge in [0.2, 0.25) is 5.82 Å². The van der Waals surface area contributed by atoms with Crippen LogP contribution >= 0.6 is 15.9 Å². The Morgan fingerprint density at radius 2 is 1.83 bits per heavy atom. The first kappa shape index (κ1) is 27.0. The summed E-state index contributed by atoms with van der Waals surface area (Å²) < 4.78 is 19.6. The number of methoxy groups -OCH3 is 1. The molecule has 0 radical (unpaired) electrons. The number of aromatic nitrogens is 2. The SMILES string of the molecule is COc1cccc2oc(-c3nc4ccccc4c(=O)n3N=Cc3cc(Br)ccc3OCc3cccc(C(=O)O)c3)cc12. The molecule has 4 aromatic carbocycles. The molecule has 6 aromatic rings. The Labute approximate surface area is 247 Å². The van der Waals surface area contributed by atoms with Crippen LogP contribution in [0, 0.1) is 0 Å². The summed E-state index contributed by atoms with van der Waals surface area (Å²) in [5.41, 5.74) is 2.16. The van der Waals surface area contributed by atoms with Gasteiger partial charge < -0.3 is 19.0 Å². The van der Waals surface area contributed by atoms with Crippen LogP contribution in [0.3, 0.4) is 0 Å². The molecule has 0 aliphatic rings. The number of benzene rings is 4. The molecule has 0 atom stereocenters. The van der Waals surface area contributed by atoms with Crippen molar-refractivity contribution in [2.45, 2.75) is 6.61 Å². The lowest BCUT2D eigenvalue weighted by Crippen LogP contribution is -2.20. The van der Waals surface area contributed by atoms with Crippen molar-refractivity contribution in [1.82, 2.24) is 9.66 Å². The van der Waals surface area contributed by atoms with E-state index in [9.17, 15) is 14.7 Å². The minimum atomic E-state index is -1.01. The van der Waals surface area contributed by atoms with Crippen molar-refractivity contribution in [2.24, 2.45) is 5.10 Å². The summed E-state index contributed by atoms with van der Waals surface area (Å²) in [6, 6.07) is 26.2. The number of aromatic carboxylic acids is 1. The van der Waals surface area contributed by atoms with Gasteiger partial charge in [0.25, 0.3) is 5.56 Å². The number of carboxylic acid groups (broad SMARTS) is 1. The molecule has 2 aromatic heterocycles. The minimum Gasteiger partial charge on any atom is -0.496 e. The number of carboxylic acids is 1. The van der Waals surface area contributed by atoms with Crippen LogP contribution in [-0.4, -0.2) is 34.1 Å². The predicted molar refractivity (Wildman–Crippen MR) is 163 cm³/mol. The van der Waals surface area contributed by atoms with Crippen molar-refractivity contribution in [2.75, 3.05) is 7.11 Å². The topological polar surface area (TPSA) is 116 Å². The Balaban J connectivity index is 1.42. The van der Waals surface area contributed by atoms with Gasteiger partial charge in [-0.15, -0.1) is 0 Å². The Bertz CT molecular complexity index is 2060. The number of ether oxygens (including phenoxy) is 2. The van der Waals surface area contributed by atoms with Crippen LogP contribution in [0.4, 0.5) is 0 Å². The largest absolute Gasteiger partial charge is 0.496 e. The van der Waals surface area contributed by atoms with Crippen molar-refractivity contribution in [3.05, 3.63) is 123 Å². The van der Waals surface area contributed by atoms with Crippen LogP contribution in [0.5, 0.6) is 11.5 Å². The number of carbonyl (C=O) groups is 1. The van der Waals surface area contributed by atoms with Gasteiger partial charge in [-0.2, -0.15) is 9.78 Å². The first-order chi connectivity index (χ1) is 20.4. The van der Waals surface area contributed by atoms with Gasteiger partial charge in [0.1, 0.15) is 23.7 Å². The number of fused-ring (bicyclic) bond motifs is 2. The number of nitrogens with zero attached hydrogens (tertiary/aromatic N) is 3. The Morgan fingerprint density at radius 3 is 2.67 bits per heavy atom. The first-order valence-electron chi connectivity index (χ1n) is 12.8. The second kappa shape index (κ2) is 11.3. The van der Waals surface area contributed by atoms with Gasteiger partial charge in [0, 0.05) is 10.0 Å². The third kappa shape index (κ3) is 5.27. The molecule has 0 spiro atoms. The van der Waals surface area contributed by atoms with Gasteiger partial charge in [0.15, 0.2) is 5.76 Å². The van der Waals surface area contributed by atoms with E-state index < -0.39 is 5.97 Å². The maximum Gasteiger partial charge on any atom is 0.335 e. The van der Waals surface area contributed by atoms with E-state index in [1.807, 2.05) is 30.3 Å². The second-order valence-electron chi connectivity index (χ2n) is 9.27. The van der Waals surface area contributed by atoms with E-state index in [0.29, 0.717) is 44.9 Å². The Kier molecular flexibility index (Phi) is 7.28. The van der Waals surface area contributed by atoms with Gasteiger partial charge in [-0.25, -0.2) is 9.78 Å². The molecule has 0 amide bonds. The molecule has 208 valence electrons. The summed E-state index contributed by atoms with van der Waals surface area (Å²) in [7, 11) is 1.58. The highest BCUT2D eigenvalue weighted by Gasteiger charge is 2.18. The fourth-order valence-corrected chi connectivity index (χ4v) is 4.92. The first-order valence-corrected chi connectivity index (χ1v) is 13.6. The molecule has 0 bridgehead atoms. The third-order valence-corrected chi connectivity index (χ3v) is 7.06. The molecule has 0 fully saturated rings. The molecule has 0 aliphatic heterocycles. The van der Waals surface area contributed by atoms with Gasteiger partial charge in [0.05, 0.1) is 35.2 Å².